The molecule has 0 bridgehead atoms. The fraction of sp³-hybridized carbons (Fsp3) is 0.680. The van der Waals surface area contributed by atoms with Crippen molar-refractivity contribution in [1.29, 1.82) is 0 Å². The largest absolute Gasteiger partial charge is 0.376 e. The first-order chi connectivity index (χ1) is 15.6. The summed E-state index contributed by atoms with van der Waals surface area (Å²) in [5, 5.41) is 3.12. The molecule has 1 aliphatic heterocycles. The predicted octanol–water partition coefficient (Wildman–Crippen LogP) is 4.77. The van der Waals surface area contributed by atoms with Crippen molar-refractivity contribution in [2.45, 2.75) is 82.4 Å². The molecule has 5 rings (SSSR count). The maximum absolute atomic E-state index is 13.1. The number of rotatable bonds is 7. The summed E-state index contributed by atoms with van der Waals surface area (Å²) in [5.74, 6) is -1.47. The highest BCUT2D eigenvalue weighted by Crippen LogP contribution is 2.45. The fourth-order valence-corrected chi connectivity index (χ4v) is 5.53. The van der Waals surface area contributed by atoms with E-state index in [4.69, 9.17) is 15.5 Å². The Balaban J connectivity index is 1.29. The SMILES string of the molecule is CC1(C)CC(C(N)c2nc3ccc([C@H](NC(=O)CC4CC(F)(F)C4)C4CC4)cc3[nH]2)CCO1. The van der Waals surface area contributed by atoms with E-state index in [9.17, 15) is 13.6 Å². The highest BCUT2D eigenvalue weighted by Gasteiger charge is 2.46. The van der Waals surface area contributed by atoms with Crippen LogP contribution in [0.1, 0.15) is 82.3 Å². The molecule has 1 aromatic carbocycles. The second kappa shape index (κ2) is 8.31. The van der Waals surface area contributed by atoms with E-state index in [0.29, 0.717) is 18.4 Å². The van der Waals surface area contributed by atoms with Crippen molar-refractivity contribution < 1.29 is 18.3 Å². The minimum atomic E-state index is -2.59. The molecule has 180 valence electrons. The van der Waals surface area contributed by atoms with Crippen LogP contribution in [-0.4, -0.2) is 34.0 Å². The third kappa shape index (κ3) is 5.06. The molecule has 2 saturated carbocycles. The number of nitrogens with zero attached hydrogens (tertiary/aromatic N) is 1. The number of nitrogens with two attached hydrogens (primary N) is 1. The van der Waals surface area contributed by atoms with Crippen molar-refractivity contribution >= 4 is 16.9 Å². The minimum absolute atomic E-state index is 0.0980. The van der Waals surface area contributed by atoms with Gasteiger partial charge in [-0.05, 0) is 75.0 Å². The van der Waals surface area contributed by atoms with Gasteiger partial charge in [-0.2, -0.15) is 0 Å². The van der Waals surface area contributed by atoms with Crippen molar-refractivity contribution in [2.24, 2.45) is 23.5 Å². The van der Waals surface area contributed by atoms with Gasteiger partial charge in [-0.1, -0.05) is 6.07 Å². The smallest absolute Gasteiger partial charge is 0.248 e. The van der Waals surface area contributed by atoms with Gasteiger partial charge in [0.25, 0.3) is 0 Å². The molecule has 2 heterocycles. The number of carbonyl (C=O) groups is 1. The Kier molecular flexibility index (Phi) is 5.72. The lowest BCUT2D eigenvalue weighted by molar-refractivity contribution is -0.134. The number of amides is 1. The molecule has 4 N–H and O–H groups in total. The molecule has 1 amide bonds. The summed E-state index contributed by atoms with van der Waals surface area (Å²) in [6.07, 6.45) is 3.73. The first-order valence-corrected chi connectivity index (χ1v) is 12.1. The third-order valence-electron chi connectivity index (χ3n) is 7.50. The van der Waals surface area contributed by atoms with Gasteiger partial charge >= 0.3 is 0 Å². The lowest BCUT2D eigenvalue weighted by Crippen LogP contribution is -2.39. The van der Waals surface area contributed by atoms with Gasteiger partial charge in [0, 0.05) is 25.9 Å². The quantitative estimate of drug-likeness (QED) is 0.555. The Hall–Kier alpha value is -2.06. The van der Waals surface area contributed by atoms with Crippen molar-refractivity contribution in [3.05, 3.63) is 29.6 Å². The average molecular weight is 461 g/mol. The molecule has 3 fully saturated rings. The van der Waals surface area contributed by atoms with E-state index in [-0.39, 0.29) is 48.8 Å². The minimum Gasteiger partial charge on any atom is -0.376 e. The van der Waals surface area contributed by atoms with Crippen LogP contribution in [0.2, 0.25) is 0 Å². The van der Waals surface area contributed by atoms with Crippen molar-refractivity contribution in [3.8, 4) is 0 Å². The Bertz CT molecular complexity index is 1020. The third-order valence-corrected chi connectivity index (χ3v) is 7.50. The first-order valence-electron chi connectivity index (χ1n) is 12.1. The summed E-state index contributed by atoms with van der Waals surface area (Å²) in [6, 6.07) is 5.74. The molecule has 0 radical (unpaired) electrons. The number of ether oxygens (including phenoxy) is 1. The van der Waals surface area contributed by atoms with Crippen LogP contribution < -0.4 is 11.1 Å². The zero-order chi connectivity index (χ0) is 23.4. The topological polar surface area (TPSA) is 93.0 Å². The molecular formula is C25H34F2N4O2. The van der Waals surface area contributed by atoms with Gasteiger partial charge in [-0.25, -0.2) is 13.8 Å². The van der Waals surface area contributed by atoms with Gasteiger partial charge < -0.3 is 20.8 Å². The Labute approximate surface area is 193 Å². The van der Waals surface area contributed by atoms with Gasteiger partial charge in [0.15, 0.2) is 0 Å². The second-order valence-corrected chi connectivity index (χ2v) is 11.0. The van der Waals surface area contributed by atoms with Gasteiger partial charge in [-0.15, -0.1) is 0 Å². The van der Waals surface area contributed by atoms with Gasteiger partial charge in [-0.3, -0.25) is 4.79 Å². The standard InChI is InChI=1S/C25H34F2N4O2/c1-24(2)13-17(7-8-33-24)21(28)23-29-18-6-5-16(10-19(18)30-23)22(15-3-4-15)31-20(32)9-14-11-25(26,27)12-14/h5-6,10,14-15,17,21-22H,3-4,7-9,11-13,28H2,1-2H3,(H,29,30)(H,31,32)/t17?,21?,22-/m1/s1. The van der Waals surface area contributed by atoms with Gasteiger partial charge in [0.05, 0.1) is 28.7 Å². The monoisotopic (exact) mass is 460 g/mol. The van der Waals surface area contributed by atoms with Crippen LogP contribution in [0, 0.1) is 17.8 Å². The Morgan fingerprint density at radius 3 is 2.67 bits per heavy atom. The van der Waals surface area contributed by atoms with Gasteiger partial charge in [0.1, 0.15) is 5.82 Å². The van der Waals surface area contributed by atoms with E-state index < -0.39 is 5.92 Å². The summed E-state index contributed by atoms with van der Waals surface area (Å²) in [6.45, 7) is 4.90. The fourth-order valence-electron chi connectivity index (χ4n) is 5.53. The number of imidazole rings is 1. The Morgan fingerprint density at radius 2 is 2.00 bits per heavy atom. The van der Waals surface area contributed by atoms with Crippen LogP contribution in [0.3, 0.4) is 0 Å². The number of alkyl halides is 2. The summed E-state index contributed by atoms with van der Waals surface area (Å²) in [5.41, 5.74) is 9.21. The molecule has 2 aliphatic carbocycles. The van der Waals surface area contributed by atoms with Crippen LogP contribution in [0.4, 0.5) is 8.78 Å². The number of H-pyrrole nitrogens is 1. The van der Waals surface area contributed by atoms with Crippen LogP contribution in [0.15, 0.2) is 18.2 Å². The molecule has 0 spiro atoms. The zero-order valence-corrected chi connectivity index (χ0v) is 19.4. The van der Waals surface area contributed by atoms with Crippen LogP contribution in [-0.2, 0) is 9.53 Å². The maximum atomic E-state index is 13.1. The van der Waals surface area contributed by atoms with E-state index in [1.807, 2.05) is 18.2 Å². The molecule has 1 aromatic heterocycles. The summed E-state index contributed by atoms with van der Waals surface area (Å²) < 4.78 is 32.1. The molecule has 6 nitrogen and oxygen atoms in total. The predicted molar refractivity (Wildman–Crippen MR) is 122 cm³/mol. The summed E-state index contributed by atoms with van der Waals surface area (Å²) in [4.78, 5) is 20.7. The number of halogens is 2. The number of aromatic nitrogens is 2. The Morgan fingerprint density at radius 1 is 1.24 bits per heavy atom. The molecular weight excluding hydrogens is 426 g/mol. The number of fused-ring (bicyclic) bond motifs is 1. The number of hydrogen-bond acceptors (Lipinski definition) is 4. The van der Waals surface area contributed by atoms with Crippen LogP contribution in [0.5, 0.6) is 0 Å². The van der Waals surface area contributed by atoms with E-state index >= 15 is 0 Å². The molecule has 8 heteroatoms. The number of benzene rings is 1. The zero-order valence-electron chi connectivity index (χ0n) is 19.4. The molecule has 3 atom stereocenters. The average Bonchev–Trinajstić information content (AvgIpc) is 3.47. The normalized spacial score (nSPS) is 26.5. The number of carbonyl (C=O) groups excluding carboxylic acids is 1. The van der Waals surface area contributed by atoms with Crippen LogP contribution >= 0.6 is 0 Å². The molecule has 3 aliphatic rings. The highest BCUT2D eigenvalue weighted by atomic mass is 19.3. The summed E-state index contributed by atoms with van der Waals surface area (Å²) >= 11 is 0. The lowest BCUT2D eigenvalue weighted by atomic mass is 9.79. The number of hydrogen-bond donors (Lipinski definition) is 3. The molecule has 2 aromatic rings. The first kappa shape index (κ1) is 22.7. The van der Waals surface area contributed by atoms with E-state index in [1.54, 1.807) is 0 Å². The van der Waals surface area contributed by atoms with Gasteiger partial charge in [0.2, 0.25) is 11.8 Å². The second-order valence-electron chi connectivity index (χ2n) is 11.0. The summed E-state index contributed by atoms with van der Waals surface area (Å²) in [7, 11) is 0. The van der Waals surface area contributed by atoms with Crippen molar-refractivity contribution in [3.63, 3.8) is 0 Å². The highest BCUT2D eigenvalue weighted by molar-refractivity contribution is 5.78. The van der Waals surface area contributed by atoms with E-state index in [2.05, 4.69) is 24.1 Å². The van der Waals surface area contributed by atoms with Crippen molar-refractivity contribution in [1.82, 2.24) is 15.3 Å². The molecule has 2 unspecified atom stereocenters. The number of aromatic amines is 1. The molecule has 1 saturated heterocycles. The molecule has 33 heavy (non-hydrogen) atoms. The van der Waals surface area contributed by atoms with E-state index in [0.717, 1.165) is 48.1 Å². The van der Waals surface area contributed by atoms with Crippen LogP contribution in [0.25, 0.3) is 11.0 Å². The number of nitrogens with one attached hydrogen (secondary N) is 2. The van der Waals surface area contributed by atoms with E-state index in [1.165, 1.54) is 0 Å². The maximum Gasteiger partial charge on any atom is 0.248 e. The lowest BCUT2D eigenvalue weighted by Gasteiger charge is -2.37. The van der Waals surface area contributed by atoms with Crippen molar-refractivity contribution in [2.75, 3.05) is 6.61 Å².